The SMILES string of the molecule is O=C(O)c1nn(CCc2ccccc2)c2c1CCc1[nH]ncc1-2. The molecule has 0 radical (unpaired) electrons. The Morgan fingerprint density at radius 3 is 2.87 bits per heavy atom. The normalized spacial score (nSPS) is 12.7. The number of nitrogens with one attached hydrogen (secondary N) is 1. The van der Waals surface area contributed by atoms with Gasteiger partial charge >= 0.3 is 5.97 Å². The third-order valence-electron chi connectivity index (χ3n) is 4.31. The monoisotopic (exact) mass is 308 g/mol. The lowest BCUT2D eigenvalue weighted by molar-refractivity contribution is 0.0688. The van der Waals surface area contributed by atoms with Gasteiger partial charge in [0.2, 0.25) is 0 Å². The molecule has 0 aliphatic heterocycles. The number of aryl methyl sites for hydroxylation is 3. The van der Waals surface area contributed by atoms with Crippen LogP contribution in [0.15, 0.2) is 36.5 Å². The van der Waals surface area contributed by atoms with E-state index in [9.17, 15) is 9.90 Å². The van der Waals surface area contributed by atoms with Crippen molar-refractivity contribution in [2.24, 2.45) is 0 Å². The number of carboxylic acid groups (broad SMARTS) is 1. The molecule has 4 rings (SSSR count). The summed E-state index contributed by atoms with van der Waals surface area (Å²) in [7, 11) is 0. The van der Waals surface area contributed by atoms with Crippen LogP contribution in [0.3, 0.4) is 0 Å². The van der Waals surface area contributed by atoms with E-state index in [0.717, 1.165) is 35.4 Å². The number of aromatic amines is 1. The minimum absolute atomic E-state index is 0.167. The van der Waals surface area contributed by atoms with Crippen molar-refractivity contribution in [3.63, 3.8) is 0 Å². The number of benzene rings is 1. The molecular weight excluding hydrogens is 292 g/mol. The van der Waals surface area contributed by atoms with Gasteiger partial charge < -0.3 is 5.11 Å². The minimum Gasteiger partial charge on any atom is -0.476 e. The Hall–Kier alpha value is -2.89. The molecule has 0 saturated heterocycles. The van der Waals surface area contributed by atoms with Gasteiger partial charge in [0.05, 0.1) is 11.9 Å². The van der Waals surface area contributed by atoms with E-state index in [2.05, 4.69) is 27.4 Å². The molecule has 0 atom stereocenters. The van der Waals surface area contributed by atoms with Crippen molar-refractivity contribution in [3.05, 3.63) is 59.0 Å². The first-order valence-electron chi connectivity index (χ1n) is 7.63. The zero-order valence-corrected chi connectivity index (χ0v) is 12.5. The predicted octanol–water partition coefficient (Wildman–Crippen LogP) is 2.31. The van der Waals surface area contributed by atoms with Gasteiger partial charge in [0, 0.05) is 23.4 Å². The number of hydrogen-bond acceptors (Lipinski definition) is 3. The van der Waals surface area contributed by atoms with Gasteiger partial charge in [-0.3, -0.25) is 9.78 Å². The maximum Gasteiger partial charge on any atom is 0.356 e. The lowest BCUT2D eigenvalue weighted by atomic mass is 9.94. The first-order chi connectivity index (χ1) is 11.2. The summed E-state index contributed by atoms with van der Waals surface area (Å²) in [6, 6.07) is 10.1. The molecule has 116 valence electrons. The topological polar surface area (TPSA) is 83.8 Å². The zero-order valence-electron chi connectivity index (χ0n) is 12.5. The predicted molar refractivity (Wildman–Crippen MR) is 84.3 cm³/mol. The molecule has 2 N–H and O–H groups in total. The third-order valence-corrected chi connectivity index (χ3v) is 4.31. The Kier molecular flexibility index (Phi) is 3.22. The lowest BCUT2D eigenvalue weighted by Gasteiger charge is -2.14. The van der Waals surface area contributed by atoms with Crippen LogP contribution in [0.1, 0.15) is 27.3 Å². The molecule has 23 heavy (non-hydrogen) atoms. The van der Waals surface area contributed by atoms with E-state index in [1.165, 1.54) is 5.56 Å². The van der Waals surface area contributed by atoms with E-state index in [0.29, 0.717) is 13.0 Å². The van der Waals surface area contributed by atoms with Gasteiger partial charge in [-0.2, -0.15) is 10.2 Å². The van der Waals surface area contributed by atoms with Crippen molar-refractivity contribution < 1.29 is 9.90 Å². The standard InChI is InChI=1S/C17H16N4O2/c22-17(23)15-12-6-7-14-13(10-18-19-14)16(12)21(20-15)9-8-11-4-2-1-3-5-11/h1-5,10H,6-9H2,(H,18,19)(H,22,23). The Morgan fingerprint density at radius 1 is 1.26 bits per heavy atom. The quantitative estimate of drug-likeness (QED) is 0.774. The molecule has 1 aromatic carbocycles. The van der Waals surface area contributed by atoms with Crippen LogP contribution in [0, 0.1) is 0 Å². The van der Waals surface area contributed by atoms with Gasteiger partial charge in [-0.05, 0) is 24.8 Å². The highest BCUT2D eigenvalue weighted by molar-refractivity contribution is 5.90. The molecule has 6 heteroatoms. The molecule has 1 aliphatic rings. The number of aromatic carboxylic acids is 1. The van der Waals surface area contributed by atoms with Gasteiger partial charge in [-0.1, -0.05) is 30.3 Å². The van der Waals surface area contributed by atoms with Gasteiger partial charge in [-0.15, -0.1) is 0 Å². The molecule has 0 spiro atoms. The summed E-state index contributed by atoms with van der Waals surface area (Å²) in [5.41, 5.74) is 5.11. The third kappa shape index (κ3) is 2.32. The number of rotatable bonds is 4. The maximum absolute atomic E-state index is 11.5. The number of aromatic nitrogens is 4. The highest BCUT2D eigenvalue weighted by Crippen LogP contribution is 2.34. The van der Waals surface area contributed by atoms with Crippen molar-refractivity contribution in [2.45, 2.75) is 25.8 Å². The van der Waals surface area contributed by atoms with Crippen LogP contribution in [-0.4, -0.2) is 31.1 Å². The second kappa shape index (κ2) is 5.39. The maximum atomic E-state index is 11.5. The van der Waals surface area contributed by atoms with Crippen LogP contribution in [-0.2, 0) is 25.8 Å². The highest BCUT2D eigenvalue weighted by atomic mass is 16.4. The van der Waals surface area contributed by atoms with Crippen molar-refractivity contribution in [3.8, 4) is 11.3 Å². The van der Waals surface area contributed by atoms with E-state index in [4.69, 9.17) is 0 Å². The van der Waals surface area contributed by atoms with E-state index in [1.807, 2.05) is 22.9 Å². The van der Waals surface area contributed by atoms with Crippen molar-refractivity contribution >= 4 is 5.97 Å². The fraction of sp³-hybridized carbons (Fsp3) is 0.235. The smallest absolute Gasteiger partial charge is 0.356 e. The van der Waals surface area contributed by atoms with Crippen LogP contribution < -0.4 is 0 Å². The van der Waals surface area contributed by atoms with Crippen molar-refractivity contribution in [1.29, 1.82) is 0 Å². The number of hydrogen-bond donors (Lipinski definition) is 2. The van der Waals surface area contributed by atoms with Gasteiger partial charge in [0.25, 0.3) is 0 Å². The lowest BCUT2D eigenvalue weighted by Crippen LogP contribution is -2.09. The average molecular weight is 308 g/mol. The first kappa shape index (κ1) is 13.8. The van der Waals surface area contributed by atoms with Crippen molar-refractivity contribution in [1.82, 2.24) is 20.0 Å². The van der Waals surface area contributed by atoms with Crippen LogP contribution in [0.2, 0.25) is 0 Å². The minimum atomic E-state index is -0.966. The zero-order chi connectivity index (χ0) is 15.8. The Morgan fingerprint density at radius 2 is 2.09 bits per heavy atom. The molecule has 2 aromatic heterocycles. The Labute approximate surface area is 132 Å². The Bertz CT molecular complexity index is 864. The second-order valence-corrected chi connectivity index (χ2v) is 5.70. The highest BCUT2D eigenvalue weighted by Gasteiger charge is 2.28. The van der Waals surface area contributed by atoms with Gasteiger partial charge in [0.1, 0.15) is 0 Å². The summed E-state index contributed by atoms with van der Waals surface area (Å²) in [6.07, 6.45) is 4.02. The average Bonchev–Trinajstić information content (AvgIpc) is 3.17. The largest absolute Gasteiger partial charge is 0.476 e. The summed E-state index contributed by atoms with van der Waals surface area (Å²) in [5.74, 6) is -0.966. The Balaban J connectivity index is 1.74. The molecule has 0 bridgehead atoms. The van der Waals surface area contributed by atoms with Crippen LogP contribution in [0.5, 0.6) is 0 Å². The van der Waals surface area contributed by atoms with Crippen LogP contribution in [0.25, 0.3) is 11.3 Å². The molecule has 0 unspecified atom stereocenters. The molecule has 0 saturated carbocycles. The second-order valence-electron chi connectivity index (χ2n) is 5.70. The van der Waals surface area contributed by atoms with Gasteiger partial charge in [0.15, 0.2) is 5.69 Å². The molecule has 0 fully saturated rings. The fourth-order valence-corrected chi connectivity index (χ4v) is 3.21. The summed E-state index contributed by atoms with van der Waals surface area (Å²) in [4.78, 5) is 11.5. The molecule has 6 nitrogen and oxygen atoms in total. The molecule has 3 aromatic rings. The van der Waals surface area contributed by atoms with E-state index < -0.39 is 5.97 Å². The summed E-state index contributed by atoms with van der Waals surface area (Å²) >= 11 is 0. The summed E-state index contributed by atoms with van der Waals surface area (Å²) < 4.78 is 1.82. The fourth-order valence-electron chi connectivity index (χ4n) is 3.21. The van der Waals surface area contributed by atoms with E-state index >= 15 is 0 Å². The number of carboxylic acids is 1. The van der Waals surface area contributed by atoms with Crippen LogP contribution >= 0.6 is 0 Å². The number of H-pyrrole nitrogens is 1. The molecule has 1 aliphatic carbocycles. The van der Waals surface area contributed by atoms with Crippen molar-refractivity contribution in [2.75, 3.05) is 0 Å². The van der Waals surface area contributed by atoms with Gasteiger partial charge in [-0.25, -0.2) is 4.79 Å². The van der Waals surface area contributed by atoms with Crippen LogP contribution in [0.4, 0.5) is 0 Å². The number of fused-ring (bicyclic) bond motifs is 3. The number of carbonyl (C=O) groups is 1. The summed E-state index contributed by atoms with van der Waals surface area (Å²) in [5, 5.41) is 20.9. The number of nitrogens with zero attached hydrogens (tertiary/aromatic N) is 3. The molecule has 2 heterocycles. The molecular formula is C17H16N4O2. The molecule has 0 amide bonds. The first-order valence-corrected chi connectivity index (χ1v) is 7.63. The summed E-state index contributed by atoms with van der Waals surface area (Å²) in [6.45, 7) is 0.643. The van der Waals surface area contributed by atoms with E-state index in [-0.39, 0.29) is 5.69 Å². The van der Waals surface area contributed by atoms with E-state index in [1.54, 1.807) is 6.20 Å².